The van der Waals surface area contributed by atoms with Gasteiger partial charge in [0, 0.05) is 30.5 Å². The van der Waals surface area contributed by atoms with E-state index in [0.29, 0.717) is 25.5 Å². The van der Waals surface area contributed by atoms with Crippen molar-refractivity contribution in [1.82, 2.24) is 14.6 Å². The maximum atomic E-state index is 13.0. The Morgan fingerprint density at radius 3 is 2.51 bits per heavy atom. The molecule has 1 amide bonds. The van der Waals surface area contributed by atoms with Crippen LogP contribution in [0.1, 0.15) is 50.9 Å². The van der Waals surface area contributed by atoms with Gasteiger partial charge in [-0.3, -0.25) is 0 Å². The number of thiazole rings is 1. The first-order valence-electron chi connectivity index (χ1n) is 14.4. The number of hydrogen-bond donors (Lipinski definition) is 1. The highest BCUT2D eigenvalue weighted by molar-refractivity contribution is 7.97. The lowest BCUT2D eigenvalue weighted by molar-refractivity contribution is 0.0285. The van der Waals surface area contributed by atoms with Gasteiger partial charge in [-0.15, -0.1) is 11.3 Å². The Kier molecular flexibility index (Phi) is 11.6. The van der Waals surface area contributed by atoms with Crippen molar-refractivity contribution in [2.45, 2.75) is 77.2 Å². The first-order valence-corrected chi connectivity index (χ1v) is 16.1. The molecule has 234 valence electrons. The van der Waals surface area contributed by atoms with Crippen molar-refractivity contribution >= 4 is 29.4 Å². The number of aromatic nitrogens is 1. The van der Waals surface area contributed by atoms with Crippen LogP contribution in [0.2, 0.25) is 0 Å². The van der Waals surface area contributed by atoms with Crippen molar-refractivity contribution in [3.8, 4) is 17.2 Å². The van der Waals surface area contributed by atoms with Gasteiger partial charge in [0.15, 0.2) is 11.5 Å². The molecular formula is C32H43N3O6S2. The summed E-state index contributed by atoms with van der Waals surface area (Å²) in [5, 5.41) is 6.12. The zero-order valence-electron chi connectivity index (χ0n) is 26.0. The normalized spacial score (nSPS) is 14.2. The molecular weight excluding hydrogens is 587 g/mol. The van der Waals surface area contributed by atoms with E-state index in [1.54, 1.807) is 30.4 Å². The summed E-state index contributed by atoms with van der Waals surface area (Å²) >= 11 is 3.25. The van der Waals surface area contributed by atoms with Gasteiger partial charge in [-0.1, -0.05) is 26.0 Å². The summed E-state index contributed by atoms with van der Waals surface area (Å²) in [6.45, 7) is 14.0. The first kappa shape index (κ1) is 32.9. The summed E-state index contributed by atoms with van der Waals surface area (Å²) in [4.78, 5) is 18.5. The Balaban J connectivity index is 1.48. The van der Waals surface area contributed by atoms with E-state index in [9.17, 15) is 4.79 Å². The van der Waals surface area contributed by atoms with Crippen molar-refractivity contribution in [3.05, 3.63) is 64.1 Å². The topological polar surface area (TPSA) is 91.4 Å². The van der Waals surface area contributed by atoms with Crippen molar-refractivity contribution in [2.75, 3.05) is 27.0 Å². The van der Waals surface area contributed by atoms with Gasteiger partial charge in [0.1, 0.15) is 18.0 Å². The lowest BCUT2D eigenvalue weighted by Gasteiger charge is -2.33. The Bertz CT molecular complexity index is 1330. The lowest BCUT2D eigenvalue weighted by Crippen LogP contribution is -2.50. The van der Waals surface area contributed by atoms with Crippen molar-refractivity contribution in [1.29, 1.82) is 0 Å². The fourth-order valence-electron chi connectivity index (χ4n) is 4.55. The fourth-order valence-corrected chi connectivity index (χ4v) is 6.33. The van der Waals surface area contributed by atoms with Crippen LogP contribution < -0.4 is 19.5 Å². The molecule has 0 saturated heterocycles. The number of amides is 1. The van der Waals surface area contributed by atoms with Gasteiger partial charge in [0.2, 0.25) is 6.79 Å². The molecule has 2 atom stereocenters. The summed E-state index contributed by atoms with van der Waals surface area (Å²) < 4.78 is 31.0. The molecule has 0 fully saturated rings. The molecule has 1 N–H and O–H groups in total. The molecule has 9 nitrogen and oxygen atoms in total. The standard InChI is InChI=1S/C32H43N3O6S2/c1-21(2)16-35(43-26-12-13-28-29(15-26)40-20-39-28)17-30(37-7)27(34-31(36)41-32(4,5)6)14-23-8-10-25(11-9-23)38-18-24-19-42-22(3)33-24/h8-13,15,19,21,27,30H,14,16-18,20H2,1-7H3,(H,34,36)/t27-,30?/m0/s1. The molecule has 2 aromatic carbocycles. The molecule has 1 aliphatic rings. The number of alkyl carbamates (subject to hydrolysis) is 1. The van der Waals surface area contributed by atoms with Gasteiger partial charge in [-0.2, -0.15) is 0 Å². The number of nitrogens with zero attached hydrogens (tertiary/aromatic N) is 2. The molecule has 1 aromatic heterocycles. The van der Waals surface area contributed by atoms with Crippen LogP contribution in [-0.2, 0) is 22.5 Å². The highest BCUT2D eigenvalue weighted by Gasteiger charge is 2.29. The molecule has 1 unspecified atom stereocenters. The number of carbonyl (C=O) groups is 1. The number of ether oxygens (including phenoxy) is 5. The van der Waals surface area contributed by atoms with E-state index >= 15 is 0 Å². The Morgan fingerprint density at radius 2 is 1.86 bits per heavy atom. The maximum absolute atomic E-state index is 13.0. The smallest absolute Gasteiger partial charge is 0.407 e. The Hall–Kier alpha value is -2.99. The van der Waals surface area contributed by atoms with Gasteiger partial charge in [0.25, 0.3) is 0 Å². The van der Waals surface area contributed by atoms with E-state index in [1.165, 1.54) is 0 Å². The first-order chi connectivity index (χ1) is 20.5. The number of carbonyl (C=O) groups excluding carboxylic acids is 1. The minimum absolute atomic E-state index is 0.238. The second-order valence-corrected chi connectivity index (χ2v) is 14.1. The van der Waals surface area contributed by atoms with Crippen molar-refractivity contribution in [2.24, 2.45) is 5.92 Å². The monoisotopic (exact) mass is 629 g/mol. The third kappa shape index (κ3) is 10.6. The van der Waals surface area contributed by atoms with Crippen LogP contribution in [0.15, 0.2) is 52.7 Å². The van der Waals surface area contributed by atoms with Gasteiger partial charge < -0.3 is 29.0 Å². The average Bonchev–Trinajstić information content (AvgIpc) is 3.57. The van der Waals surface area contributed by atoms with Gasteiger partial charge >= 0.3 is 6.09 Å². The molecule has 0 bridgehead atoms. The zero-order chi connectivity index (χ0) is 31.0. The van der Waals surface area contributed by atoms with E-state index in [4.69, 9.17) is 23.7 Å². The molecule has 0 spiro atoms. The summed E-state index contributed by atoms with van der Waals surface area (Å²) in [6.07, 6.45) is -0.249. The molecule has 11 heteroatoms. The quantitative estimate of drug-likeness (QED) is 0.192. The predicted octanol–water partition coefficient (Wildman–Crippen LogP) is 6.88. The van der Waals surface area contributed by atoms with Crippen LogP contribution in [0.3, 0.4) is 0 Å². The van der Waals surface area contributed by atoms with Crippen molar-refractivity contribution < 1.29 is 28.5 Å². The molecule has 43 heavy (non-hydrogen) atoms. The molecule has 0 saturated carbocycles. The average molecular weight is 630 g/mol. The molecule has 1 aliphatic heterocycles. The number of hydrogen-bond acceptors (Lipinski definition) is 10. The highest BCUT2D eigenvalue weighted by atomic mass is 32.2. The second kappa shape index (κ2) is 15.1. The number of fused-ring (bicyclic) bond motifs is 1. The predicted molar refractivity (Wildman–Crippen MR) is 170 cm³/mol. The van der Waals surface area contributed by atoms with Crippen LogP contribution in [0.5, 0.6) is 17.2 Å². The third-order valence-corrected chi connectivity index (χ3v) is 8.26. The summed E-state index contributed by atoms with van der Waals surface area (Å²) in [6, 6.07) is 13.5. The molecule has 3 aromatic rings. The second-order valence-electron chi connectivity index (χ2n) is 11.9. The Labute approximate surface area is 263 Å². The molecule has 0 aliphatic carbocycles. The van der Waals surface area contributed by atoms with Crippen LogP contribution in [0.25, 0.3) is 0 Å². The summed E-state index contributed by atoms with van der Waals surface area (Å²) in [5.41, 5.74) is 1.34. The number of methoxy groups -OCH3 is 1. The zero-order valence-corrected chi connectivity index (χ0v) is 27.7. The fraction of sp³-hybridized carbons (Fsp3) is 0.500. The number of benzene rings is 2. The molecule has 0 radical (unpaired) electrons. The molecule has 2 heterocycles. The number of nitrogens with one attached hydrogen (secondary N) is 1. The highest BCUT2D eigenvalue weighted by Crippen LogP contribution is 2.37. The lowest BCUT2D eigenvalue weighted by atomic mass is 10.0. The third-order valence-electron chi connectivity index (χ3n) is 6.42. The van der Waals surface area contributed by atoms with E-state index in [0.717, 1.165) is 45.0 Å². The van der Waals surface area contributed by atoms with Crippen LogP contribution in [-0.4, -0.2) is 60.1 Å². The largest absolute Gasteiger partial charge is 0.487 e. The van der Waals surface area contributed by atoms with E-state index in [1.807, 2.05) is 75.5 Å². The van der Waals surface area contributed by atoms with E-state index in [2.05, 4.69) is 28.5 Å². The number of rotatable bonds is 14. The minimum atomic E-state index is -0.620. The van der Waals surface area contributed by atoms with Gasteiger partial charge in [0.05, 0.1) is 22.8 Å². The summed E-state index contributed by atoms with van der Waals surface area (Å²) in [7, 11) is 1.68. The Morgan fingerprint density at radius 1 is 1.12 bits per heavy atom. The van der Waals surface area contributed by atoms with E-state index in [-0.39, 0.29) is 18.9 Å². The maximum Gasteiger partial charge on any atom is 0.407 e. The summed E-state index contributed by atoms with van der Waals surface area (Å²) in [5.74, 6) is 2.68. The van der Waals surface area contributed by atoms with Crippen LogP contribution in [0.4, 0.5) is 4.79 Å². The SMILES string of the molecule is COC(CN(CC(C)C)Sc1ccc2c(c1)OCO2)[C@H](Cc1ccc(OCc2csc(C)n2)cc1)NC(=O)OC(C)(C)C. The van der Waals surface area contributed by atoms with Gasteiger partial charge in [-0.05, 0) is 87.9 Å². The van der Waals surface area contributed by atoms with Crippen molar-refractivity contribution in [3.63, 3.8) is 0 Å². The number of aryl methyl sites for hydroxylation is 1. The van der Waals surface area contributed by atoms with Crippen LogP contribution >= 0.6 is 23.3 Å². The minimum Gasteiger partial charge on any atom is -0.487 e. The van der Waals surface area contributed by atoms with Crippen LogP contribution in [0, 0.1) is 12.8 Å². The van der Waals surface area contributed by atoms with E-state index < -0.39 is 11.7 Å². The van der Waals surface area contributed by atoms with Gasteiger partial charge in [-0.25, -0.2) is 14.1 Å². The molecule has 4 rings (SSSR count).